The molecule has 0 saturated carbocycles. The lowest BCUT2D eigenvalue weighted by atomic mass is 10.3. The molecule has 7 heteroatoms. The van der Waals surface area contributed by atoms with Crippen molar-refractivity contribution in [2.24, 2.45) is 4.99 Å². The second kappa shape index (κ2) is 9.82. The van der Waals surface area contributed by atoms with Crippen LogP contribution in [0.1, 0.15) is 6.92 Å². The van der Waals surface area contributed by atoms with Crippen molar-refractivity contribution in [1.29, 1.82) is 0 Å². The number of hydrogen-bond donors (Lipinski definition) is 1. The van der Waals surface area contributed by atoms with Crippen molar-refractivity contribution in [1.82, 2.24) is 20.0 Å². The fraction of sp³-hybridized carbons (Fsp3) is 0.412. The van der Waals surface area contributed by atoms with Crippen molar-refractivity contribution in [3.63, 3.8) is 0 Å². The number of aliphatic imine (C=N–C) groups is 1. The SMILES string of the molecule is CCNC(=NCCn1cccn1)N(C)CCOc1ccc(Cl)cc1. The monoisotopic (exact) mass is 349 g/mol. The smallest absolute Gasteiger partial charge is 0.193 e. The average Bonchev–Trinajstić information content (AvgIpc) is 3.09. The standard InChI is InChI=1S/C17H24ClN5O/c1-3-19-17(20-10-12-23-11-4-9-21-23)22(2)13-14-24-16-7-5-15(18)6-8-16/h4-9,11H,3,10,12-14H2,1-2H3,(H,19,20). The third-order valence-corrected chi connectivity index (χ3v) is 3.61. The molecule has 0 atom stereocenters. The van der Waals surface area contributed by atoms with Gasteiger partial charge in [-0.3, -0.25) is 9.67 Å². The third-order valence-electron chi connectivity index (χ3n) is 3.36. The van der Waals surface area contributed by atoms with Crippen LogP contribution in [0, 0.1) is 0 Å². The van der Waals surface area contributed by atoms with Crippen LogP contribution in [0.5, 0.6) is 5.75 Å². The highest BCUT2D eigenvalue weighted by atomic mass is 35.5. The summed E-state index contributed by atoms with van der Waals surface area (Å²) < 4.78 is 7.60. The van der Waals surface area contributed by atoms with Crippen molar-refractivity contribution >= 4 is 17.6 Å². The number of hydrogen-bond acceptors (Lipinski definition) is 3. The normalized spacial score (nSPS) is 11.4. The van der Waals surface area contributed by atoms with Gasteiger partial charge >= 0.3 is 0 Å². The predicted molar refractivity (Wildman–Crippen MR) is 97.8 cm³/mol. The maximum absolute atomic E-state index is 5.86. The van der Waals surface area contributed by atoms with Crippen LogP contribution >= 0.6 is 11.6 Å². The van der Waals surface area contributed by atoms with E-state index in [1.807, 2.05) is 48.3 Å². The van der Waals surface area contributed by atoms with Gasteiger partial charge in [0, 0.05) is 31.0 Å². The molecule has 0 aliphatic heterocycles. The first-order valence-electron chi connectivity index (χ1n) is 8.04. The van der Waals surface area contributed by atoms with Crippen LogP contribution in [0.2, 0.25) is 5.02 Å². The Hall–Kier alpha value is -2.21. The number of nitrogens with one attached hydrogen (secondary N) is 1. The predicted octanol–water partition coefficient (Wildman–Crippen LogP) is 2.51. The Morgan fingerprint density at radius 2 is 2.17 bits per heavy atom. The number of nitrogens with zero attached hydrogens (tertiary/aromatic N) is 4. The molecule has 0 fully saturated rings. The minimum Gasteiger partial charge on any atom is -0.492 e. The van der Waals surface area contributed by atoms with Gasteiger partial charge in [-0.1, -0.05) is 11.6 Å². The third kappa shape index (κ3) is 6.12. The van der Waals surface area contributed by atoms with Gasteiger partial charge in [0.25, 0.3) is 0 Å². The molecule has 130 valence electrons. The molecule has 1 aromatic heterocycles. The molecule has 1 aromatic carbocycles. The van der Waals surface area contributed by atoms with Gasteiger partial charge in [0.1, 0.15) is 12.4 Å². The van der Waals surface area contributed by atoms with Crippen molar-refractivity contribution < 1.29 is 4.74 Å². The van der Waals surface area contributed by atoms with Gasteiger partial charge in [0.05, 0.1) is 19.6 Å². The Morgan fingerprint density at radius 1 is 1.38 bits per heavy atom. The average molecular weight is 350 g/mol. The van der Waals surface area contributed by atoms with Gasteiger partial charge in [-0.15, -0.1) is 0 Å². The van der Waals surface area contributed by atoms with E-state index in [0.717, 1.165) is 31.3 Å². The molecular formula is C17H24ClN5O. The Kier molecular flexibility index (Phi) is 7.42. The molecule has 1 N–H and O–H groups in total. The van der Waals surface area contributed by atoms with E-state index >= 15 is 0 Å². The Balaban J connectivity index is 1.79. The van der Waals surface area contributed by atoms with E-state index < -0.39 is 0 Å². The first-order valence-corrected chi connectivity index (χ1v) is 8.42. The van der Waals surface area contributed by atoms with Crippen LogP contribution in [0.15, 0.2) is 47.7 Å². The van der Waals surface area contributed by atoms with Crippen LogP contribution in [0.25, 0.3) is 0 Å². The number of guanidine groups is 1. The Labute approximate surface area is 148 Å². The highest BCUT2D eigenvalue weighted by molar-refractivity contribution is 6.30. The summed E-state index contributed by atoms with van der Waals surface area (Å²) in [7, 11) is 2.00. The molecule has 0 aliphatic carbocycles. The van der Waals surface area contributed by atoms with Crippen molar-refractivity contribution in [3.8, 4) is 5.75 Å². The van der Waals surface area contributed by atoms with Crippen LogP contribution < -0.4 is 10.1 Å². The summed E-state index contributed by atoms with van der Waals surface area (Å²) in [5, 5.41) is 8.18. The van der Waals surface area contributed by atoms with Gasteiger partial charge in [0.15, 0.2) is 5.96 Å². The molecule has 1 heterocycles. The number of aromatic nitrogens is 2. The van der Waals surface area contributed by atoms with Gasteiger partial charge in [0.2, 0.25) is 0 Å². The summed E-state index contributed by atoms with van der Waals surface area (Å²) in [6, 6.07) is 9.29. The summed E-state index contributed by atoms with van der Waals surface area (Å²) in [6.45, 7) is 5.62. The Morgan fingerprint density at radius 3 is 2.83 bits per heavy atom. The molecule has 6 nitrogen and oxygen atoms in total. The minimum atomic E-state index is 0.571. The lowest BCUT2D eigenvalue weighted by Gasteiger charge is -2.22. The van der Waals surface area contributed by atoms with Gasteiger partial charge in [-0.05, 0) is 37.3 Å². The zero-order chi connectivity index (χ0) is 17.2. The fourth-order valence-corrected chi connectivity index (χ4v) is 2.22. The van der Waals surface area contributed by atoms with E-state index in [9.17, 15) is 0 Å². The molecule has 2 rings (SSSR count). The van der Waals surface area contributed by atoms with Crippen LogP contribution in [-0.4, -0.2) is 53.9 Å². The van der Waals surface area contributed by atoms with Gasteiger partial charge in [-0.2, -0.15) is 5.10 Å². The van der Waals surface area contributed by atoms with Crippen LogP contribution in [0.4, 0.5) is 0 Å². The topological polar surface area (TPSA) is 54.7 Å². The second-order valence-corrected chi connectivity index (χ2v) is 5.67. The summed E-state index contributed by atoms with van der Waals surface area (Å²) >= 11 is 5.86. The van der Waals surface area contributed by atoms with E-state index in [1.165, 1.54) is 0 Å². The van der Waals surface area contributed by atoms with Crippen molar-refractivity contribution in [2.75, 3.05) is 33.3 Å². The summed E-state index contributed by atoms with van der Waals surface area (Å²) in [5.41, 5.74) is 0. The Bertz CT molecular complexity index is 612. The fourth-order valence-electron chi connectivity index (χ4n) is 2.10. The van der Waals surface area contributed by atoms with E-state index in [-0.39, 0.29) is 0 Å². The zero-order valence-corrected chi connectivity index (χ0v) is 14.9. The molecule has 0 unspecified atom stereocenters. The first kappa shape index (κ1) is 18.1. The molecule has 0 amide bonds. The zero-order valence-electron chi connectivity index (χ0n) is 14.2. The maximum atomic E-state index is 5.86. The molecule has 0 bridgehead atoms. The van der Waals surface area contributed by atoms with Crippen molar-refractivity contribution in [3.05, 3.63) is 47.7 Å². The molecule has 0 spiro atoms. The largest absolute Gasteiger partial charge is 0.492 e. The number of rotatable bonds is 8. The molecule has 2 aromatic rings. The second-order valence-electron chi connectivity index (χ2n) is 5.23. The van der Waals surface area contributed by atoms with E-state index in [0.29, 0.717) is 18.2 Å². The van der Waals surface area contributed by atoms with Crippen molar-refractivity contribution in [2.45, 2.75) is 13.5 Å². The molecule has 0 saturated heterocycles. The number of likely N-dealkylation sites (N-methyl/N-ethyl adjacent to an activating group) is 1. The first-order chi connectivity index (χ1) is 11.7. The summed E-state index contributed by atoms with van der Waals surface area (Å²) in [6.07, 6.45) is 3.71. The van der Waals surface area contributed by atoms with Gasteiger partial charge < -0.3 is 15.0 Å². The van der Waals surface area contributed by atoms with Crippen LogP contribution in [0.3, 0.4) is 0 Å². The van der Waals surface area contributed by atoms with E-state index in [2.05, 4.69) is 27.2 Å². The number of benzene rings is 1. The number of ether oxygens (including phenoxy) is 1. The lowest BCUT2D eigenvalue weighted by Crippen LogP contribution is -2.41. The van der Waals surface area contributed by atoms with Crippen LogP contribution in [-0.2, 0) is 6.54 Å². The van der Waals surface area contributed by atoms with E-state index in [1.54, 1.807) is 6.20 Å². The highest BCUT2D eigenvalue weighted by Crippen LogP contribution is 2.15. The quantitative estimate of drug-likeness (QED) is 0.587. The van der Waals surface area contributed by atoms with Gasteiger partial charge in [-0.25, -0.2) is 0 Å². The summed E-state index contributed by atoms with van der Waals surface area (Å²) in [5.74, 6) is 1.68. The molecule has 0 radical (unpaired) electrons. The molecule has 24 heavy (non-hydrogen) atoms. The molecule has 0 aliphatic rings. The maximum Gasteiger partial charge on any atom is 0.193 e. The highest BCUT2D eigenvalue weighted by Gasteiger charge is 2.05. The number of halogens is 1. The lowest BCUT2D eigenvalue weighted by molar-refractivity contribution is 0.281. The summed E-state index contributed by atoms with van der Waals surface area (Å²) in [4.78, 5) is 6.68. The minimum absolute atomic E-state index is 0.571. The van der Waals surface area contributed by atoms with E-state index in [4.69, 9.17) is 16.3 Å². The molecular weight excluding hydrogens is 326 g/mol.